The van der Waals surface area contributed by atoms with E-state index >= 15 is 0 Å². The monoisotopic (exact) mass is 269 g/mol. The Morgan fingerprint density at radius 3 is 2.71 bits per heavy atom. The minimum atomic E-state index is 0.336. The zero-order chi connectivity index (χ0) is 12.4. The van der Waals surface area contributed by atoms with Crippen molar-refractivity contribution in [3.05, 3.63) is 23.4 Å². The van der Waals surface area contributed by atoms with Crippen molar-refractivity contribution in [1.29, 1.82) is 0 Å². The smallest absolute Gasteiger partial charge is 0.197 e. The molecule has 0 aliphatic carbocycles. The predicted molar refractivity (Wildman–Crippen MR) is 66.3 cm³/mol. The third kappa shape index (κ3) is 2.58. The van der Waals surface area contributed by atoms with E-state index in [4.69, 9.17) is 11.6 Å². The molecule has 2 aromatic rings. The quantitative estimate of drug-likeness (QED) is 0.802. The molecule has 0 saturated carbocycles. The first kappa shape index (κ1) is 12.3. The fourth-order valence-electron chi connectivity index (χ4n) is 1.38. The Bertz CT molecular complexity index is 525. The van der Waals surface area contributed by atoms with Gasteiger partial charge in [-0.05, 0) is 11.8 Å². The van der Waals surface area contributed by atoms with Crippen LogP contribution in [-0.4, -0.2) is 24.7 Å². The average Bonchev–Trinajstić information content (AvgIpc) is 2.64. The topological polar surface area (TPSA) is 56.5 Å². The van der Waals surface area contributed by atoms with E-state index in [2.05, 4.69) is 34.0 Å². The van der Waals surface area contributed by atoms with Gasteiger partial charge < -0.3 is 4.57 Å². The van der Waals surface area contributed by atoms with Crippen LogP contribution < -0.4 is 0 Å². The van der Waals surface area contributed by atoms with Crippen LogP contribution in [0.4, 0.5) is 0 Å². The van der Waals surface area contributed by atoms with Crippen molar-refractivity contribution >= 4 is 23.4 Å². The van der Waals surface area contributed by atoms with Crippen molar-refractivity contribution in [3.63, 3.8) is 0 Å². The van der Waals surface area contributed by atoms with Crippen molar-refractivity contribution in [2.45, 2.75) is 29.9 Å². The molecule has 0 atom stereocenters. The Morgan fingerprint density at radius 1 is 1.35 bits per heavy atom. The minimum Gasteiger partial charge on any atom is -0.309 e. The van der Waals surface area contributed by atoms with E-state index in [0.29, 0.717) is 16.0 Å². The number of nitrogens with zero attached hydrogens (tertiary/aromatic N) is 5. The lowest BCUT2D eigenvalue weighted by Gasteiger charge is -2.05. The highest BCUT2D eigenvalue weighted by molar-refractivity contribution is 7.99. The minimum absolute atomic E-state index is 0.336. The lowest BCUT2D eigenvalue weighted by molar-refractivity contribution is 0.679. The van der Waals surface area contributed by atoms with Crippen molar-refractivity contribution in [1.82, 2.24) is 24.7 Å². The van der Waals surface area contributed by atoms with Crippen LogP contribution in [0.5, 0.6) is 0 Å². The van der Waals surface area contributed by atoms with E-state index in [1.165, 1.54) is 18.1 Å². The lowest BCUT2D eigenvalue weighted by Crippen LogP contribution is -2.00. The summed E-state index contributed by atoms with van der Waals surface area (Å²) in [7, 11) is 1.94. The average molecular weight is 270 g/mol. The van der Waals surface area contributed by atoms with Gasteiger partial charge in [0.05, 0.1) is 11.2 Å². The second-order valence-corrected chi connectivity index (χ2v) is 5.20. The molecule has 0 saturated heterocycles. The van der Waals surface area contributed by atoms with Gasteiger partial charge in [-0.1, -0.05) is 25.4 Å². The maximum absolute atomic E-state index is 5.99. The zero-order valence-electron chi connectivity index (χ0n) is 9.75. The molecule has 2 aromatic heterocycles. The fourth-order valence-corrected chi connectivity index (χ4v) is 2.34. The van der Waals surface area contributed by atoms with Gasteiger partial charge in [0, 0.05) is 13.0 Å². The molecule has 0 spiro atoms. The molecular formula is C10H12ClN5S. The summed E-state index contributed by atoms with van der Waals surface area (Å²) in [6.07, 6.45) is 3.03. The zero-order valence-corrected chi connectivity index (χ0v) is 11.3. The highest BCUT2D eigenvalue weighted by Crippen LogP contribution is 2.30. The van der Waals surface area contributed by atoms with Gasteiger partial charge in [-0.25, -0.2) is 9.97 Å². The maximum Gasteiger partial charge on any atom is 0.197 e. The molecule has 0 N–H and O–H groups in total. The third-order valence-corrected chi connectivity index (χ3v) is 3.65. The Balaban J connectivity index is 2.28. The number of halogens is 1. The van der Waals surface area contributed by atoms with Crippen LogP contribution in [0.15, 0.2) is 22.7 Å². The number of hydrogen-bond donors (Lipinski definition) is 0. The van der Waals surface area contributed by atoms with Gasteiger partial charge >= 0.3 is 0 Å². The molecule has 0 unspecified atom stereocenters. The highest BCUT2D eigenvalue weighted by atomic mass is 35.5. The first-order chi connectivity index (χ1) is 8.09. The molecule has 0 aliphatic rings. The van der Waals surface area contributed by atoms with Gasteiger partial charge in [0.1, 0.15) is 17.2 Å². The van der Waals surface area contributed by atoms with E-state index in [9.17, 15) is 0 Å². The summed E-state index contributed by atoms with van der Waals surface area (Å²) in [5, 5.41) is 10.3. The molecule has 0 bridgehead atoms. The molecule has 17 heavy (non-hydrogen) atoms. The van der Waals surface area contributed by atoms with Crippen molar-refractivity contribution in [2.24, 2.45) is 7.05 Å². The third-order valence-electron chi connectivity index (χ3n) is 2.21. The Labute approximate surface area is 109 Å². The second-order valence-electron chi connectivity index (χ2n) is 3.83. The molecule has 0 aromatic carbocycles. The summed E-state index contributed by atoms with van der Waals surface area (Å²) in [6.45, 7) is 4.16. The van der Waals surface area contributed by atoms with Gasteiger partial charge in [-0.15, -0.1) is 10.2 Å². The van der Waals surface area contributed by atoms with Gasteiger partial charge in [-0.2, -0.15) is 0 Å². The van der Waals surface area contributed by atoms with E-state index in [1.807, 2.05) is 11.6 Å². The molecular weight excluding hydrogens is 258 g/mol. The van der Waals surface area contributed by atoms with Gasteiger partial charge in [0.25, 0.3) is 0 Å². The van der Waals surface area contributed by atoms with Crippen molar-refractivity contribution in [2.75, 3.05) is 0 Å². The lowest BCUT2D eigenvalue weighted by atomic mass is 10.2. The first-order valence-corrected chi connectivity index (χ1v) is 6.31. The number of aromatic nitrogens is 5. The fraction of sp³-hybridized carbons (Fsp3) is 0.400. The Hall–Kier alpha value is -1.14. The molecule has 0 amide bonds. The van der Waals surface area contributed by atoms with E-state index in [-0.39, 0.29) is 0 Å². The molecule has 2 rings (SSSR count). The summed E-state index contributed by atoms with van der Waals surface area (Å²) in [5.74, 6) is 1.28. The largest absolute Gasteiger partial charge is 0.309 e. The standard InChI is InChI=1S/C10H12ClN5S/c1-6(2)8-14-15-10(16(8)3)17-9-7(11)4-12-5-13-9/h4-6H,1-3H3. The predicted octanol–water partition coefficient (Wildman–Crippen LogP) is 2.53. The van der Waals surface area contributed by atoms with Crippen LogP contribution in [0.2, 0.25) is 5.02 Å². The van der Waals surface area contributed by atoms with Crippen molar-refractivity contribution < 1.29 is 0 Å². The Morgan fingerprint density at radius 2 is 2.12 bits per heavy atom. The van der Waals surface area contributed by atoms with E-state index < -0.39 is 0 Å². The summed E-state index contributed by atoms with van der Waals surface area (Å²) >= 11 is 7.38. The molecule has 7 heteroatoms. The van der Waals surface area contributed by atoms with Crippen LogP contribution in [0.1, 0.15) is 25.6 Å². The second kappa shape index (κ2) is 5.01. The van der Waals surface area contributed by atoms with Gasteiger partial charge in [0.2, 0.25) is 0 Å². The molecule has 0 fully saturated rings. The van der Waals surface area contributed by atoms with Crippen LogP contribution in [0.3, 0.4) is 0 Å². The normalized spacial score (nSPS) is 11.1. The van der Waals surface area contributed by atoms with Crippen LogP contribution in [0.25, 0.3) is 0 Å². The summed E-state index contributed by atoms with van der Waals surface area (Å²) < 4.78 is 1.95. The summed E-state index contributed by atoms with van der Waals surface area (Å²) in [6, 6.07) is 0. The van der Waals surface area contributed by atoms with Crippen LogP contribution in [-0.2, 0) is 7.05 Å². The molecule has 90 valence electrons. The number of hydrogen-bond acceptors (Lipinski definition) is 5. The highest BCUT2D eigenvalue weighted by Gasteiger charge is 2.14. The maximum atomic E-state index is 5.99. The summed E-state index contributed by atoms with van der Waals surface area (Å²) in [4.78, 5) is 7.95. The van der Waals surface area contributed by atoms with Gasteiger partial charge in [0.15, 0.2) is 5.16 Å². The molecule has 0 aliphatic heterocycles. The molecule has 2 heterocycles. The molecule has 0 radical (unpaired) electrons. The summed E-state index contributed by atoms with van der Waals surface area (Å²) in [5.41, 5.74) is 0. The van der Waals surface area contributed by atoms with E-state index in [0.717, 1.165) is 11.0 Å². The van der Waals surface area contributed by atoms with Gasteiger partial charge in [-0.3, -0.25) is 0 Å². The van der Waals surface area contributed by atoms with Crippen LogP contribution >= 0.6 is 23.4 Å². The SMILES string of the molecule is CC(C)c1nnc(Sc2ncncc2Cl)n1C. The Kier molecular flexibility index (Phi) is 3.63. The first-order valence-electron chi connectivity index (χ1n) is 5.12. The van der Waals surface area contributed by atoms with Crippen LogP contribution in [0, 0.1) is 0 Å². The molecule has 5 nitrogen and oxygen atoms in total. The van der Waals surface area contributed by atoms with E-state index in [1.54, 1.807) is 6.20 Å². The number of rotatable bonds is 3. The van der Waals surface area contributed by atoms with Crippen molar-refractivity contribution in [3.8, 4) is 0 Å².